The maximum atomic E-state index is 11.4. The summed E-state index contributed by atoms with van der Waals surface area (Å²) in [6.45, 7) is 7.59. The molecule has 0 heterocycles. The van der Waals surface area contributed by atoms with E-state index in [1.165, 1.54) is 6.92 Å². The molecule has 0 saturated heterocycles. The van der Waals surface area contributed by atoms with E-state index >= 15 is 0 Å². The van der Waals surface area contributed by atoms with E-state index in [0.717, 1.165) is 5.56 Å². The Bertz CT molecular complexity index is 466. The second-order valence-electron chi connectivity index (χ2n) is 4.86. The van der Waals surface area contributed by atoms with E-state index in [1.54, 1.807) is 18.2 Å². The molecule has 4 nitrogen and oxygen atoms in total. The minimum absolute atomic E-state index is 0.0204. The SMILES string of the molecule is CC(=O)c1ccc(OCCC(=O)NC(C)C)c(C)c1. The van der Waals surface area contributed by atoms with Crippen LogP contribution in [0.3, 0.4) is 0 Å². The zero-order valence-electron chi connectivity index (χ0n) is 11.9. The molecule has 1 amide bonds. The lowest BCUT2D eigenvalue weighted by atomic mass is 10.1. The van der Waals surface area contributed by atoms with Crippen LogP contribution < -0.4 is 10.1 Å². The molecule has 1 rings (SSSR count). The molecule has 104 valence electrons. The Kier molecular flexibility index (Phi) is 5.55. The van der Waals surface area contributed by atoms with Gasteiger partial charge in [0.2, 0.25) is 5.91 Å². The number of nitrogens with one attached hydrogen (secondary N) is 1. The first kappa shape index (κ1) is 15.2. The lowest BCUT2D eigenvalue weighted by Gasteiger charge is -2.11. The number of ketones is 1. The molecule has 0 unspecified atom stereocenters. The van der Waals surface area contributed by atoms with Gasteiger partial charge >= 0.3 is 0 Å². The lowest BCUT2D eigenvalue weighted by molar-refractivity contribution is -0.122. The van der Waals surface area contributed by atoms with Gasteiger partial charge in [-0.3, -0.25) is 9.59 Å². The number of carbonyl (C=O) groups is 2. The summed E-state index contributed by atoms with van der Waals surface area (Å²) in [6.07, 6.45) is 0.325. The van der Waals surface area contributed by atoms with Gasteiger partial charge in [-0.15, -0.1) is 0 Å². The summed E-state index contributed by atoms with van der Waals surface area (Å²) in [5, 5.41) is 2.80. The fourth-order valence-electron chi connectivity index (χ4n) is 1.68. The van der Waals surface area contributed by atoms with Crippen LogP contribution in [0.25, 0.3) is 0 Å². The Labute approximate surface area is 114 Å². The summed E-state index contributed by atoms with van der Waals surface area (Å²) in [5.41, 5.74) is 1.57. The van der Waals surface area contributed by atoms with Crippen molar-refractivity contribution in [2.45, 2.75) is 40.2 Å². The highest BCUT2D eigenvalue weighted by Crippen LogP contribution is 2.19. The van der Waals surface area contributed by atoms with Gasteiger partial charge in [0, 0.05) is 11.6 Å². The molecule has 19 heavy (non-hydrogen) atoms. The van der Waals surface area contributed by atoms with Gasteiger partial charge in [0.1, 0.15) is 5.75 Å². The molecule has 0 saturated carbocycles. The molecular weight excluding hydrogens is 242 g/mol. The molecule has 0 radical (unpaired) electrons. The third-order valence-electron chi connectivity index (χ3n) is 2.62. The minimum Gasteiger partial charge on any atom is -0.493 e. The highest BCUT2D eigenvalue weighted by Gasteiger charge is 2.06. The monoisotopic (exact) mass is 263 g/mol. The van der Waals surface area contributed by atoms with Crippen LogP contribution in [0.15, 0.2) is 18.2 Å². The van der Waals surface area contributed by atoms with Crippen LogP contribution >= 0.6 is 0 Å². The predicted molar refractivity (Wildman–Crippen MR) is 74.6 cm³/mol. The van der Waals surface area contributed by atoms with Gasteiger partial charge in [0.25, 0.3) is 0 Å². The Hall–Kier alpha value is -1.84. The highest BCUT2D eigenvalue weighted by atomic mass is 16.5. The molecule has 4 heteroatoms. The first-order valence-corrected chi connectivity index (χ1v) is 6.44. The van der Waals surface area contributed by atoms with E-state index in [0.29, 0.717) is 24.3 Å². The van der Waals surface area contributed by atoms with Crippen LogP contribution in [0.4, 0.5) is 0 Å². The summed E-state index contributed by atoms with van der Waals surface area (Å²) < 4.78 is 5.55. The largest absolute Gasteiger partial charge is 0.493 e. The summed E-state index contributed by atoms with van der Waals surface area (Å²) in [7, 11) is 0. The molecule has 0 aliphatic carbocycles. The van der Waals surface area contributed by atoms with Gasteiger partial charge in [0.15, 0.2) is 5.78 Å². The van der Waals surface area contributed by atoms with Crippen molar-refractivity contribution in [3.8, 4) is 5.75 Å². The zero-order chi connectivity index (χ0) is 14.4. The normalized spacial score (nSPS) is 10.4. The number of aryl methyl sites for hydroxylation is 1. The molecule has 0 aromatic heterocycles. The molecule has 1 aromatic carbocycles. The van der Waals surface area contributed by atoms with Gasteiger partial charge in [0.05, 0.1) is 13.0 Å². The van der Waals surface area contributed by atoms with Crippen LogP contribution in [-0.2, 0) is 4.79 Å². The average molecular weight is 263 g/mol. The van der Waals surface area contributed by atoms with E-state index in [9.17, 15) is 9.59 Å². The maximum Gasteiger partial charge on any atom is 0.223 e. The van der Waals surface area contributed by atoms with Crippen molar-refractivity contribution >= 4 is 11.7 Å². The molecule has 0 bridgehead atoms. The third-order valence-corrected chi connectivity index (χ3v) is 2.62. The molecule has 0 aliphatic rings. The van der Waals surface area contributed by atoms with Crippen molar-refractivity contribution in [3.05, 3.63) is 29.3 Å². The Morgan fingerprint density at radius 3 is 2.53 bits per heavy atom. The fraction of sp³-hybridized carbons (Fsp3) is 0.467. The van der Waals surface area contributed by atoms with E-state index in [4.69, 9.17) is 4.74 Å². The van der Waals surface area contributed by atoms with Gasteiger partial charge in [-0.1, -0.05) is 0 Å². The quantitative estimate of drug-likeness (QED) is 0.802. The van der Waals surface area contributed by atoms with E-state index < -0.39 is 0 Å². The number of carbonyl (C=O) groups excluding carboxylic acids is 2. The van der Waals surface area contributed by atoms with Crippen molar-refractivity contribution in [1.82, 2.24) is 5.32 Å². The topological polar surface area (TPSA) is 55.4 Å². The van der Waals surface area contributed by atoms with Crippen molar-refractivity contribution < 1.29 is 14.3 Å². The first-order chi connectivity index (χ1) is 8.90. The molecule has 0 spiro atoms. The van der Waals surface area contributed by atoms with Gasteiger partial charge in [-0.25, -0.2) is 0 Å². The lowest BCUT2D eigenvalue weighted by Crippen LogP contribution is -2.31. The van der Waals surface area contributed by atoms with Crippen molar-refractivity contribution in [3.63, 3.8) is 0 Å². The second-order valence-corrected chi connectivity index (χ2v) is 4.86. The van der Waals surface area contributed by atoms with Crippen LogP contribution in [0.2, 0.25) is 0 Å². The number of ether oxygens (including phenoxy) is 1. The summed E-state index contributed by atoms with van der Waals surface area (Å²) in [5.74, 6) is 0.723. The average Bonchev–Trinajstić information content (AvgIpc) is 2.29. The second kappa shape index (κ2) is 6.92. The molecule has 0 aliphatic heterocycles. The first-order valence-electron chi connectivity index (χ1n) is 6.44. The van der Waals surface area contributed by atoms with Crippen LogP contribution in [-0.4, -0.2) is 24.3 Å². The number of amides is 1. The van der Waals surface area contributed by atoms with Gasteiger partial charge < -0.3 is 10.1 Å². The fourth-order valence-corrected chi connectivity index (χ4v) is 1.68. The van der Waals surface area contributed by atoms with Crippen molar-refractivity contribution in [2.75, 3.05) is 6.61 Å². The smallest absolute Gasteiger partial charge is 0.223 e. The highest BCUT2D eigenvalue weighted by molar-refractivity contribution is 5.94. The van der Waals surface area contributed by atoms with Crippen LogP contribution in [0, 0.1) is 6.92 Å². The van der Waals surface area contributed by atoms with E-state index in [1.807, 2.05) is 20.8 Å². The number of rotatable bonds is 6. The predicted octanol–water partition coefficient (Wildman–Crippen LogP) is 2.49. The van der Waals surface area contributed by atoms with Crippen molar-refractivity contribution in [1.29, 1.82) is 0 Å². The summed E-state index contributed by atoms with van der Waals surface area (Å²) >= 11 is 0. The Morgan fingerprint density at radius 2 is 2.00 bits per heavy atom. The Morgan fingerprint density at radius 1 is 1.32 bits per heavy atom. The molecular formula is C15H21NO3. The molecule has 0 fully saturated rings. The molecule has 1 N–H and O–H groups in total. The van der Waals surface area contributed by atoms with Crippen LogP contribution in [0.5, 0.6) is 5.75 Å². The van der Waals surface area contributed by atoms with Crippen LogP contribution in [0.1, 0.15) is 43.1 Å². The summed E-state index contributed by atoms with van der Waals surface area (Å²) in [4.78, 5) is 22.7. The van der Waals surface area contributed by atoms with Gasteiger partial charge in [-0.05, 0) is 51.5 Å². The summed E-state index contributed by atoms with van der Waals surface area (Å²) in [6, 6.07) is 5.45. The molecule has 0 atom stereocenters. The number of Topliss-reactive ketones (excluding diaryl/α,β-unsaturated/α-hetero) is 1. The maximum absolute atomic E-state index is 11.4. The zero-order valence-corrected chi connectivity index (χ0v) is 11.9. The molecule has 1 aromatic rings. The van der Waals surface area contributed by atoms with Crippen molar-refractivity contribution in [2.24, 2.45) is 0 Å². The van der Waals surface area contributed by atoms with E-state index in [2.05, 4.69) is 5.32 Å². The van der Waals surface area contributed by atoms with Gasteiger partial charge in [-0.2, -0.15) is 0 Å². The third kappa shape index (κ3) is 5.12. The number of hydrogen-bond acceptors (Lipinski definition) is 3. The number of hydrogen-bond donors (Lipinski definition) is 1. The minimum atomic E-state index is -0.0204. The Balaban J connectivity index is 2.50. The van der Waals surface area contributed by atoms with E-state index in [-0.39, 0.29) is 17.7 Å². The standard InChI is InChI=1S/C15H21NO3/c1-10(2)16-15(18)7-8-19-14-6-5-13(12(4)17)9-11(14)3/h5-6,9-10H,7-8H2,1-4H3,(H,16,18). The number of benzene rings is 1.